The van der Waals surface area contributed by atoms with Crippen molar-refractivity contribution in [3.05, 3.63) is 30.3 Å². The molecule has 1 aromatic rings. The van der Waals surface area contributed by atoms with Crippen LogP contribution in [0.5, 0.6) is 0 Å². The average Bonchev–Trinajstić information content (AvgIpc) is 2.67. The molecule has 1 amide bonds. The summed E-state index contributed by atoms with van der Waals surface area (Å²) in [6, 6.07) is 11.1. The lowest BCUT2D eigenvalue weighted by molar-refractivity contribution is -0.129. The number of piperidine rings is 1. The Morgan fingerprint density at radius 2 is 1.38 bits per heavy atom. The zero-order valence-electron chi connectivity index (χ0n) is 16.2. The number of para-hydroxylation sites is 1. The van der Waals surface area contributed by atoms with Gasteiger partial charge in [-0.1, -0.05) is 63.1 Å². The van der Waals surface area contributed by atoms with Crippen molar-refractivity contribution in [3.63, 3.8) is 0 Å². The Labute approximate surface area is 158 Å². The van der Waals surface area contributed by atoms with Crippen LogP contribution >= 0.6 is 0 Å². The average molecular weight is 355 g/mol. The van der Waals surface area contributed by atoms with Gasteiger partial charge in [0.2, 0.25) is 5.91 Å². The maximum absolute atomic E-state index is 12.4. The number of rotatable bonds is 2. The molecule has 3 aliphatic rings. The van der Waals surface area contributed by atoms with Crippen LogP contribution in [0.4, 0.5) is 5.69 Å². The van der Waals surface area contributed by atoms with E-state index < -0.39 is 0 Å². The lowest BCUT2D eigenvalue weighted by atomic mass is 9.75. The van der Waals surface area contributed by atoms with Crippen molar-refractivity contribution in [1.82, 2.24) is 4.90 Å². The fourth-order valence-corrected chi connectivity index (χ4v) is 5.47. The van der Waals surface area contributed by atoms with Crippen LogP contribution in [0, 0.1) is 0 Å². The van der Waals surface area contributed by atoms with E-state index >= 15 is 0 Å². The third-order valence-electron chi connectivity index (χ3n) is 7.04. The SMILES string of the molecule is O=C1CC2(CCN(C3CCCCCCCCC3)CC2)N1c1ccccc1. The van der Waals surface area contributed by atoms with Crippen LogP contribution in [0.15, 0.2) is 30.3 Å². The summed E-state index contributed by atoms with van der Waals surface area (Å²) >= 11 is 0. The van der Waals surface area contributed by atoms with Crippen LogP contribution in [0.1, 0.15) is 77.0 Å². The first-order valence-corrected chi connectivity index (χ1v) is 10.9. The van der Waals surface area contributed by atoms with Gasteiger partial charge in [0, 0.05) is 24.8 Å². The molecule has 1 aliphatic carbocycles. The van der Waals surface area contributed by atoms with Gasteiger partial charge in [0.05, 0.1) is 12.0 Å². The molecule has 1 saturated carbocycles. The van der Waals surface area contributed by atoms with Crippen molar-refractivity contribution >= 4 is 11.6 Å². The molecule has 3 nitrogen and oxygen atoms in total. The van der Waals surface area contributed by atoms with Crippen molar-refractivity contribution in [2.45, 2.75) is 88.6 Å². The molecule has 0 radical (unpaired) electrons. The highest BCUT2D eigenvalue weighted by molar-refractivity contribution is 6.02. The van der Waals surface area contributed by atoms with Gasteiger partial charge in [0.1, 0.15) is 0 Å². The maximum atomic E-state index is 12.4. The van der Waals surface area contributed by atoms with Crippen LogP contribution in [-0.2, 0) is 4.79 Å². The largest absolute Gasteiger partial charge is 0.306 e. The molecule has 1 spiro atoms. The summed E-state index contributed by atoms with van der Waals surface area (Å²) < 4.78 is 0. The second kappa shape index (κ2) is 8.12. The van der Waals surface area contributed by atoms with E-state index in [0.717, 1.165) is 31.0 Å². The first-order valence-electron chi connectivity index (χ1n) is 10.9. The van der Waals surface area contributed by atoms with Gasteiger partial charge in [0.15, 0.2) is 0 Å². The number of anilines is 1. The quantitative estimate of drug-likeness (QED) is 0.686. The van der Waals surface area contributed by atoms with E-state index in [1.807, 2.05) is 18.2 Å². The Bertz CT molecular complexity index is 581. The van der Waals surface area contributed by atoms with Crippen LogP contribution in [-0.4, -0.2) is 35.5 Å². The molecule has 3 fully saturated rings. The number of β-lactam (4-membered cyclic amide) rings is 1. The fraction of sp³-hybridized carbons (Fsp3) is 0.696. The van der Waals surface area contributed by atoms with Gasteiger partial charge in [0.25, 0.3) is 0 Å². The third kappa shape index (κ3) is 3.69. The topological polar surface area (TPSA) is 23.6 Å². The van der Waals surface area contributed by atoms with Crippen molar-refractivity contribution in [1.29, 1.82) is 0 Å². The number of hydrogen-bond donors (Lipinski definition) is 0. The van der Waals surface area contributed by atoms with Gasteiger partial charge in [-0.3, -0.25) is 4.79 Å². The summed E-state index contributed by atoms with van der Waals surface area (Å²) in [4.78, 5) is 17.2. The second-order valence-corrected chi connectivity index (χ2v) is 8.71. The molecule has 1 aromatic carbocycles. The van der Waals surface area contributed by atoms with E-state index in [1.165, 1.54) is 70.9 Å². The summed E-state index contributed by atoms with van der Waals surface area (Å²) in [6.45, 7) is 2.34. The zero-order valence-corrected chi connectivity index (χ0v) is 16.2. The number of benzene rings is 1. The van der Waals surface area contributed by atoms with Gasteiger partial charge < -0.3 is 9.80 Å². The number of nitrogens with zero attached hydrogens (tertiary/aromatic N) is 2. The van der Waals surface area contributed by atoms with Crippen LogP contribution in [0.3, 0.4) is 0 Å². The Hall–Kier alpha value is -1.35. The van der Waals surface area contributed by atoms with E-state index in [-0.39, 0.29) is 5.54 Å². The molecular formula is C23H34N2O. The molecule has 0 bridgehead atoms. The monoisotopic (exact) mass is 354 g/mol. The molecule has 0 atom stereocenters. The molecule has 0 N–H and O–H groups in total. The van der Waals surface area contributed by atoms with Crippen LogP contribution in [0.25, 0.3) is 0 Å². The first kappa shape index (κ1) is 18.0. The molecule has 0 aromatic heterocycles. The summed E-state index contributed by atoms with van der Waals surface area (Å²) in [5.41, 5.74) is 1.20. The zero-order chi connectivity index (χ0) is 17.8. The smallest absolute Gasteiger partial charge is 0.229 e. The van der Waals surface area contributed by atoms with E-state index in [2.05, 4.69) is 21.9 Å². The van der Waals surface area contributed by atoms with E-state index in [0.29, 0.717) is 5.91 Å². The van der Waals surface area contributed by atoms with Crippen LogP contribution < -0.4 is 4.90 Å². The normalized spacial score (nSPS) is 25.8. The molecule has 0 unspecified atom stereocenters. The molecule has 2 saturated heterocycles. The van der Waals surface area contributed by atoms with Crippen molar-refractivity contribution in [2.24, 2.45) is 0 Å². The van der Waals surface area contributed by atoms with Crippen molar-refractivity contribution < 1.29 is 4.79 Å². The van der Waals surface area contributed by atoms with Gasteiger partial charge in [-0.15, -0.1) is 0 Å². The molecular weight excluding hydrogens is 320 g/mol. The molecule has 4 rings (SSSR count). The van der Waals surface area contributed by atoms with Gasteiger partial charge in [-0.05, 0) is 37.8 Å². The Balaban J connectivity index is 1.37. The van der Waals surface area contributed by atoms with E-state index in [1.54, 1.807) is 0 Å². The number of carbonyl (C=O) groups excluding carboxylic acids is 1. The standard InChI is InChI=1S/C23H34N2O/c26-22-19-23(25(22)21-13-9-6-10-14-21)15-17-24(18-16-23)20-11-7-4-2-1-3-5-8-12-20/h6,9-10,13-14,20H,1-5,7-8,11-12,15-19H2. The summed E-state index contributed by atoms with van der Waals surface area (Å²) in [5.74, 6) is 0.309. The Morgan fingerprint density at radius 3 is 1.96 bits per heavy atom. The lowest BCUT2D eigenvalue weighted by Gasteiger charge is -2.56. The highest BCUT2D eigenvalue weighted by atomic mass is 16.2. The fourth-order valence-electron chi connectivity index (χ4n) is 5.47. The van der Waals surface area contributed by atoms with Crippen molar-refractivity contribution in [2.75, 3.05) is 18.0 Å². The predicted octanol–water partition coefficient (Wildman–Crippen LogP) is 5.15. The number of likely N-dealkylation sites (tertiary alicyclic amines) is 1. The van der Waals surface area contributed by atoms with Gasteiger partial charge in [-0.2, -0.15) is 0 Å². The highest BCUT2D eigenvalue weighted by Crippen LogP contribution is 2.44. The second-order valence-electron chi connectivity index (χ2n) is 8.71. The van der Waals surface area contributed by atoms with Gasteiger partial charge >= 0.3 is 0 Å². The minimum atomic E-state index is 0.102. The predicted molar refractivity (Wildman–Crippen MR) is 107 cm³/mol. The third-order valence-corrected chi connectivity index (χ3v) is 7.04. The molecule has 26 heavy (non-hydrogen) atoms. The van der Waals surface area contributed by atoms with E-state index in [9.17, 15) is 4.79 Å². The van der Waals surface area contributed by atoms with Crippen LogP contribution in [0.2, 0.25) is 0 Å². The molecule has 2 aliphatic heterocycles. The molecule has 3 heteroatoms. The Morgan fingerprint density at radius 1 is 0.808 bits per heavy atom. The minimum Gasteiger partial charge on any atom is -0.306 e. The molecule has 142 valence electrons. The van der Waals surface area contributed by atoms with Gasteiger partial charge in [-0.25, -0.2) is 0 Å². The van der Waals surface area contributed by atoms with E-state index in [4.69, 9.17) is 0 Å². The number of amides is 1. The maximum Gasteiger partial charge on any atom is 0.229 e. The van der Waals surface area contributed by atoms with Crippen molar-refractivity contribution in [3.8, 4) is 0 Å². The number of carbonyl (C=O) groups is 1. The number of hydrogen-bond acceptors (Lipinski definition) is 2. The Kier molecular flexibility index (Phi) is 5.63. The summed E-state index contributed by atoms with van der Waals surface area (Å²) in [6.07, 6.45) is 15.8. The molecule has 2 heterocycles. The highest BCUT2D eigenvalue weighted by Gasteiger charge is 2.52. The first-order chi connectivity index (χ1) is 12.8. The minimum absolute atomic E-state index is 0.102. The summed E-state index contributed by atoms with van der Waals surface area (Å²) in [5, 5.41) is 0. The lowest BCUT2D eigenvalue weighted by Crippen LogP contribution is -2.68. The summed E-state index contributed by atoms with van der Waals surface area (Å²) in [7, 11) is 0.